The SMILES string of the molecule is Cc1cc(N2CCC(C(C)O)C2)c2cc(N)ccc2n1. The highest BCUT2D eigenvalue weighted by molar-refractivity contribution is 5.94. The van der Waals surface area contributed by atoms with Crippen molar-refractivity contribution in [3.8, 4) is 0 Å². The molecule has 1 aromatic carbocycles. The molecule has 0 saturated carbocycles. The molecule has 3 N–H and O–H groups in total. The Morgan fingerprint density at radius 2 is 2.20 bits per heavy atom. The smallest absolute Gasteiger partial charge is 0.0727 e. The molecule has 2 atom stereocenters. The normalized spacial score (nSPS) is 20.6. The molecule has 2 aromatic rings. The van der Waals surface area contributed by atoms with Gasteiger partial charge in [-0.3, -0.25) is 4.98 Å². The lowest BCUT2D eigenvalue weighted by Crippen LogP contribution is -2.24. The highest BCUT2D eigenvalue weighted by atomic mass is 16.3. The van der Waals surface area contributed by atoms with Gasteiger partial charge in [0.1, 0.15) is 0 Å². The van der Waals surface area contributed by atoms with E-state index in [0.717, 1.165) is 41.8 Å². The van der Waals surface area contributed by atoms with Gasteiger partial charge in [-0.15, -0.1) is 0 Å². The average Bonchev–Trinajstić information content (AvgIpc) is 2.88. The van der Waals surface area contributed by atoms with Crippen LogP contribution in [0.4, 0.5) is 11.4 Å². The van der Waals surface area contributed by atoms with E-state index in [9.17, 15) is 5.11 Å². The van der Waals surface area contributed by atoms with Crippen LogP contribution in [0.15, 0.2) is 24.3 Å². The van der Waals surface area contributed by atoms with Crippen molar-refractivity contribution in [3.05, 3.63) is 30.0 Å². The molecule has 0 spiro atoms. The van der Waals surface area contributed by atoms with Gasteiger partial charge in [-0.25, -0.2) is 0 Å². The van der Waals surface area contributed by atoms with E-state index in [1.165, 1.54) is 5.69 Å². The van der Waals surface area contributed by atoms with Crippen LogP contribution < -0.4 is 10.6 Å². The van der Waals surface area contributed by atoms with Gasteiger partial charge in [0.15, 0.2) is 0 Å². The summed E-state index contributed by atoms with van der Waals surface area (Å²) in [5, 5.41) is 10.9. The van der Waals surface area contributed by atoms with E-state index in [1.807, 2.05) is 32.0 Å². The number of fused-ring (bicyclic) bond motifs is 1. The fourth-order valence-electron chi connectivity index (χ4n) is 3.02. The van der Waals surface area contributed by atoms with Crippen molar-refractivity contribution >= 4 is 22.3 Å². The van der Waals surface area contributed by atoms with E-state index in [1.54, 1.807) is 0 Å². The van der Waals surface area contributed by atoms with Crippen LogP contribution in [-0.4, -0.2) is 29.3 Å². The van der Waals surface area contributed by atoms with Crippen molar-refractivity contribution in [2.75, 3.05) is 23.7 Å². The average molecular weight is 271 g/mol. The topological polar surface area (TPSA) is 62.4 Å². The molecule has 20 heavy (non-hydrogen) atoms. The predicted octanol–water partition coefficient (Wildman–Crippen LogP) is 2.33. The van der Waals surface area contributed by atoms with Gasteiger partial charge in [0.2, 0.25) is 0 Å². The molecule has 2 heterocycles. The molecule has 0 radical (unpaired) electrons. The molecule has 4 heteroatoms. The Bertz CT molecular complexity index is 639. The molecule has 1 saturated heterocycles. The predicted molar refractivity (Wildman–Crippen MR) is 82.9 cm³/mol. The summed E-state index contributed by atoms with van der Waals surface area (Å²) in [5.74, 6) is 0.347. The van der Waals surface area contributed by atoms with Crippen molar-refractivity contribution in [2.24, 2.45) is 5.92 Å². The summed E-state index contributed by atoms with van der Waals surface area (Å²) in [6, 6.07) is 7.98. The Kier molecular flexibility index (Phi) is 3.26. The molecule has 106 valence electrons. The Hall–Kier alpha value is -1.81. The van der Waals surface area contributed by atoms with E-state index >= 15 is 0 Å². The lowest BCUT2D eigenvalue weighted by molar-refractivity contribution is 0.136. The number of aliphatic hydroxyl groups excluding tert-OH is 1. The lowest BCUT2D eigenvalue weighted by atomic mass is 10.0. The number of aryl methyl sites for hydroxylation is 1. The molecule has 1 aromatic heterocycles. The summed E-state index contributed by atoms with van der Waals surface area (Å²) in [5.41, 5.74) is 9.85. The molecular formula is C16H21N3O. The number of aromatic nitrogens is 1. The number of nitrogen functional groups attached to an aromatic ring is 1. The number of benzene rings is 1. The van der Waals surface area contributed by atoms with Crippen molar-refractivity contribution < 1.29 is 5.11 Å². The summed E-state index contributed by atoms with van der Waals surface area (Å²) in [6.45, 7) is 5.76. The van der Waals surface area contributed by atoms with Gasteiger partial charge >= 0.3 is 0 Å². The van der Waals surface area contributed by atoms with Gasteiger partial charge in [-0.1, -0.05) is 0 Å². The van der Waals surface area contributed by atoms with Crippen LogP contribution in [0.2, 0.25) is 0 Å². The number of hydrogen-bond acceptors (Lipinski definition) is 4. The first kappa shape index (κ1) is 13.2. The standard InChI is InChI=1S/C16H21N3O/c1-10-7-16(19-6-5-12(9-19)11(2)20)14-8-13(17)3-4-15(14)18-10/h3-4,7-8,11-12,20H,5-6,9,17H2,1-2H3. The van der Waals surface area contributed by atoms with E-state index in [2.05, 4.69) is 16.0 Å². The first-order valence-electron chi connectivity index (χ1n) is 7.14. The summed E-state index contributed by atoms with van der Waals surface area (Å²) < 4.78 is 0. The summed E-state index contributed by atoms with van der Waals surface area (Å²) in [7, 11) is 0. The summed E-state index contributed by atoms with van der Waals surface area (Å²) in [6.07, 6.45) is 0.780. The highest BCUT2D eigenvalue weighted by Gasteiger charge is 2.27. The number of hydrogen-bond donors (Lipinski definition) is 2. The summed E-state index contributed by atoms with van der Waals surface area (Å²) >= 11 is 0. The van der Waals surface area contributed by atoms with Crippen LogP contribution in [0.5, 0.6) is 0 Å². The Morgan fingerprint density at radius 1 is 1.40 bits per heavy atom. The first-order chi connectivity index (χ1) is 9.54. The number of anilines is 2. The Balaban J connectivity index is 2.05. The molecule has 1 aliphatic heterocycles. The van der Waals surface area contributed by atoms with Gasteiger partial charge in [0.05, 0.1) is 11.6 Å². The van der Waals surface area contributed by atoms with Crippen LogP contribution in [0, 0.1) is 12.8 Å². The zero-order valence-corrected chi connectivity index (χ0v) is 12.0. The molecule has 1 fully saturated rings. The van der Waals surface area contributed by atoms with Gasteiger partial charge in [0.25, 0.3) is 0 Å². The van der Waals surface area contributed by atoms with Gasteiger partial charge < -0.3 is 15.7 Å². The van der Waals surface area contributed by atoms with Crippen LogP contribution in [0.25, 0.3) is 10.9 Å². The maximum Gasteiger partial charge on any atom is 0.0727 e. The fourth-order valence-corrected chi connectivity index (χ4v) is 3.02. The molecular weight excluding hydrogens is 250 g/mol. The lowest BCUT2D eigenvalue weighted by Gasteiger charge is -2.22. The maximum absolute atomic E-state index is 9.77. The van der Waals surface area contributed by atoms with E-state index < -0.39 is 0 Å². The first-order valence-corrected chi connectivity index (χ1v) is 7.14. The second-order valence-corrected chi connectivity index (χ2v) is 5.79. The quantitative estimate of drug-likeness (QED) is 0.823. The van der Waals surface area contributed by atoms with E-state index in [-0.39, 0.29) is 6.10 Å². The Labute approximate surface area is 119 Å². The van der Waals surface area contributed by atoms with E-state index in [4.69, 9.17) is 5.73 Å². The second kappa shape index (κ2) is 4.94. The molecule has 0 amide bonds. The van der Waals surface area contributed by atoms with Crippen LogP contribution in [0.3, 0.4) is 0 Å². The number of rotatable bonds is 2. The monoisotopic (exact) mass is 271 g/mol. The zero-order chi connectivity index (χ0) is 14.3. The third-order valence-electron chi connectivity index (χ3n) is 4.19. The van der Waals surface area contributed by atoms with Crippen LogP contribution in [-0.2, 0) is 0 Å². The Morgan fingerprint density at radius 3 is 2.90 bits per heavy atom. The van der Waals surface area contributed by atoms with Crippen molar-refractivity contribution in [2.45, 2.75) is 26.4 Å². The van der Waals surface area contributed by atoms with Crippen LogP contribution in [0.1, 0.15) is 19.0 Å². The molecule has 2 unspecified atom stereocenters. The maximum atomic E-state index is 9.77. The number of nitrogens with zero attached hydrogens (tertiary/aromatic N) is 2. The fraction of sp³-hybridized carbons (Fsp3) is 0.438. The van der Waals surface area contributed by atoms with Crippen LogP contribution >= 0.6 is 0 Å². The summed E-state index contributed by atoms with van der Waals surface area (Å²) in [4.78, 5) is 6.91. The number of aliphatic hydroxyl groups is 1. The second-order valence-electron chi connectivity index (χ2n) is 5.79. The van der Waals surface area contributed by atoms with E-state index in [0.29, 0.717) is 5.92 Å². The molecule has 1 aliphatic rings. The zero-order valence-electron chi connectivity index (χ0n) is 12.0. The minimum atomic E-state index is -0.251. The molecule has 0 bridgehead atoms. The van der Waals surface area contributed by atoms with Crippen molar-refractivity contribution in [3.63, 3.8) is 0 Å². The largest absolute Gasteiger partial charge is 0.399 e. The third kappa shape index (κ3) is 2.31. The highest BCUT2D eigenvalue weighted by Crippen LogP contribution is 2.32. The van der Waals surface area contributed by atoms with Gasteiger partial charge in [-0.05, 0) is 44.5 Å². The van der Waals surface area contributed by atoms with Crippen molar-refractivity contribution in [1.29, 1.82) is 0 Å². The number of nitrogens with two attached hydrogens (primary N) is 1. The number of pyridine rings is 1. The molecule has 4 nitrogen and oxygen atoms in total. The molecule has 0 aliphatic carbocycles. The van der Waals surface area contributed by atoms with Gasteiger partial charge in [0, 0.05) is 41.5 Å². The van der Waals surface area contributed by atoms with Gasteiger partial charge in [-0.2, -0.15) is 0 Å². The minimum absolute atomic E-state index is 0.251. The third-order valence-corrected chi connectivity index (χ3v) is 4.19. The minimum Gasteiger partial charge on any atom is -0.399 e. The van der Waals surface area contributed by atoms with Crippen molar-refractivity contribution in [1.82, 2.24) is 4.98 Å². The molecule has 3 rings (SSSR count).